The van der Waals surface area contributed by atoms with Gasteiger partial charge in [0.25, 0.3) is 5.91 Å². The number of hydrogen-bond donors (Lipinski definition) is 1. The van der Waals surface area contributed by atoms with Crippen molar-refractivity contribution in [3.8, 4) is 6.07 Å². The number of anilines is 1. The van der Waals surface area contributed by atoms with E-state index in [9.17, 15) is 9.59 Å². The van der Waals surface area contributed by atoms with Gasteiger partial charge in [-0.15, -0.1) is 0 Å². The molecule has 0 bridgehead atoms. The molecule has 0 unspecified atom stereocenters. The third-order valence-corrected chi connectivity index (χ3v) is 7.55. The van der Waals surface area contributed by atoms with Crippen LogP contribution in [0.3, 0.4) is 0 Å². The van der Waals surface area contributed by atoms with Crippen LogP contribution in [0.1, 0.15) is 54.1 Å². The summed E-state index contributed by atoms with van der Waals surface area (Å²) < 4.78 is 0. The Hall–Kier alpha value is -2.59. The van der Waals surface area contributed by atoms with Gasteiger partial charge in [0.2, 0.25) is 5.91 Å². The standard InChI is InChI=1S/C26H28Cl2N4O2/c1-17-15-31(11-12-32(17)26(34)19-6-2-3-7-19)16-21-22(27)9-10-23(24(21)28)30-25(33)20-8-4-5-18(13-20)14-29/h4-5,8-10,13,17,19H,2-3,6-7,11-12,15-16H2,1H3,(H,30,33)/t17-/m0/s1. The topological polar surface area (TPSA) is 76.4 Å². The Kier molecular flexibility index (Phi) is 7.77. The number of carbonyl (C=O) groups is 2. The fraction of sp³-hybridized carbons (Fsp3) is 0.423. The monoisotopic (exact) mass is 498 g/mol. The first kappa shape index (κ1) is 24.5. The number of piperazine rings is 1. The Bertz CT molecular complexity index is 1120. The van der Waals surface area contributed by atoms with E-state index in [2.05, 4.69) is 17.1 Å². The molecule has 1 N–H and O–H groups in total. The van der Waals surface area contributed by atoms with E-state index in [1.54, 1.807) is 30.3 Å². The minimum Gasteiger partial charge on any atom is -0.337 e. The molecule has 1 heterocycles. The Morgan fingerprint density at radius 2 is 1.91 bits per heavy atom. The number of nitriles is 1. The minimum absolute atomic E-state index is 0.120. The molecule has 1 aliphatic heterocycles. The summed E-state index contributed by atoms with van der Waals surface area (Å²) in [6, 6.07) is 12.1. The fourth-order valence-electron chi connectivity index (χ4n) is 4.90. The summed E-state index contributed by atoms with van der Waals surface area (Å²) in [7, 11) is 0. The van der Waals surface area contributed by atoms with Crippen molar-refractivity contribution >= 4 is 40.7 Å². The largest absolute Gasteiger partial charge is 0.337 e. The molecule has 1 aliphatic carbocycles. The number of amides is 2. The van der Waals surface area contributed by atoms with Crippen LogP contribution >= 0.6 is 23.2 Å². The van der Waals surface area contributed by atoms with E-state index in [0.29, 0.717) is 45.9 Å². The second-order valence-corrected chi connectivity index (χ2v) is 9.92. The highest BCUT2D eigenvalue weighted by molar-refractivity contribution is 6.38. The van der Waals surface area contributed by atoms with Crippen LogP contribution in [0.15, 0.2) is 36.4 Å². The van der Waals surface area contributed by atoms with Crippen LogP contribution in [0, 0.1) is 17.2 Å². The maximum absolute atomic E-state index is 12.9. The molecule has 2 aromatic rings. The van der Waals surface area contributed by atoms with Gasteiger partial charge in [-0.3, -0.25) is 14.5 Å². The van der Waals surface area contributed by atoms with E-state index in [0.717, 1.165) is 44.3 Å². The summed E-state index contributed by atoms with van der Waals surface area (Å²) in [6.07, 6.45) is 4.32. The summed E-state index contributed by atoms with van der Waals surface area (Å²) in [4.78, 5) is 29.9. The lowest BCUT2D eigenvalue weighted by Crippen LogP contribution is -2.54. The fourth-order valence-corrected chi connectivity index (χ4v) is 5.44. The third kappa shape index (κ3) is 5.38. The Morgan fingerprint density at radius 1 is 1.15 bits per heavy atom. The van der Waals surface area contributed by atoms with Gasteiger partial charge in [-0.25, -0.2) is 0 Å². The molecule has 2 amide bonds. The second kappa shape index (κ2) is 10.8. The van der Waals surface area contributed by atoms with Crippen molar-refractivity contribution in [3.63, 3.8) is 0 Å². The van der Waals surface area contributed by atoms with Gasteiger partial charge >= 0.3 is 0 Å². The molecule has 2 aliphatic rings. The van der Waals surface area contributed by atoms with Gasteiger partial charge in [0.05, 0.1) is 22.3 Å². The van der Waals surface area contributed by atoms with Gasteiger partial charge in [-0.1, -0.05) is 42.1 Å². The number of carbonyl (C=O) groups excluding carboxylic acids is 2. The Morgan fingerprint density at radius 3 is 2.62 bits per heavy atom. The average molecular weight is 499 g/mol. The molecule has 0 radical (unpaired) electrons. The van der Waals surface area contributed by atoms with Crippen molar-refractivity contribution in [2.45, 2.75) is 45.2 Å². The summed E-state index contributed by atoms with van der Waals surface area (Å²) in [5.41, 5.74) is 2.00. The third-order valence-electron chi connectivity index (χ3n) is 6.77. The van der Waals surface area contributed by atoms with Crippen LogP contribution in [-0.4, -0.2) is 47.3 Å². The molecule has 1 saturated heterocycles. The maximum atomic E-state index is 12.9. The highest BCUT2D eigenvalue weighted by Gasteiger charge is 2.33. The lowest BCUT2D eigenvalue weighted by Gasteiger charge is -2.41. The summed E-state index contributed by atoms with van der Waals surface area (Å²) in [5, 5.41) is 12.8. The smallest absolute Gasteiger partial charge is 0.255 e. The van der Waals surface area contributed by atoms with E-state index in [1.807, 2.05) is 11.0 Å². The number of benzene rings is 2. The number of nitrogens with zero attached hydrogens (tertiary/aromatic N) is 3. The van der Waals surface area contributed by atoms with E-state index in [4.69, 9.17) is 28.5 Å². The number of nitrogens with one attached hydrogen (secondary N) is 1. The summed E-state index contributed by atoms with van der Waals surface area (Å²) in [6.45, 7) is 4.79. The van der Waals surface area contributed by atoms with E-state index in [1.165, 1.54) is 6.07 Å². The van der Waals surface area contributed by atoms with Crippen LogP contribution in [-0.2, 0) is 11.3 Å². The number of hydrogen-bond acceptors (Lipinski definition) is 4. The van der Waals surface area contributed by atoms with Gasteiger partial charge in [-0.05, 0) is 50.1 Å². The molecular formula is C26H28Cl2N4O2. The second-order valence-electron chi connectivity index (χ2n) is 9.13. The SMILES string of the molecule is C[C@H]1CN(Cc2c(Cl)ccc(NC(=O)c3cccc(C#N)c3)c2Cl)CCN1C(=O)C1CCCC1. The molecule has 34 heavy (non-hydrogen) atoms. The molecular weight excluding hydrogens is 471 g/mol. The van der Waals surface area contributed by atoms with Gasteiger partial charge in [0.15, 0.2) is 0 Å². The molecule has 1 saturated carbocycles. The summed E-state index contributed by atoms with van der Waals surface area (Å²) >= 11 is 13.2. The first-order chi connectivity index (χ1) is 16.4. The molecule has 6 nitrogen and oxygen atoms in total. The van der Waals surface area contributed by atoms with Gasteiger partial charge in [-0.2, -0.15) is 5.26 Å². The van der Waals surface area contributed by atoms with E-state index < -0.39 is 0 Å². The number of halogens is 2. The normalized spacial score (nSPS) is 19.1. The predicted molar refractivity (Wildman–Crippen MR) is 134 cm³/mol. The van der Waals surface area contributed by atoms with E-state index in [-0.39, 0.29) is 17.9 Å². The highest BCUT2D eigenvalue weighted by atomic mass is 35.5. The lowest BCUT2D eigenvalue weighted by molar-refractivity contribution is -0.140. The Labute approximate surface area is 210 Å². The molecule has 1 atom stereocenters. The van der Waals surface area contributed by atoms with Crippen molar-refractivity contribution in [3.05, 3.63) is 63.1 Å². The van der Waals surface area contributed by atoms with Crippen molar-refractivity contribution in [2.24, 2.45) is 5.92 Å². The highest BCUT2D eigenvalue weighted by Crippen LogP contribution is 2.34. The summed E-state index contributed by atoms with van der Waals surface area (Å²) in [5.74, 6) is 0.137. The van der Waals surface area contributed by atoms with Crippen LogP contribution in [0.25, 0.3) is 0 Å². The molecule has 8 heteroatoms. The maximum Gasteiger partial charge on any atom is 0.255 e. The molecule has 0 spiro atoms. The van der Waals surface area contributed by atoms with E-state index >= 15 is 0 Å². The van der Waals surface area contributed by atoms with Crippen molar-refractivity contribution in [2.75, 3.05) is 25.0 Å². The Balaban J connectivity index is 1.43. The van der Waals surface area contributed by atoms with Crippen molar-refractivity contribution in [1.82, 2.24) is 9.80 Å². The van der Waals surface area contributed by atoms with Crippen LogP contribution in [0.5, 0.6) is 0 Å². The zero-order valence-electron chi connectivity index (χ0n) is 19.2. The van der Waals surface area contributed by atoms with Gasteiger partial charge in [0.1, 0.15) is 0 Å². The van der Waals surface area contributed by atoms with Crippen LogP contribution < -0.4 is 5.32 Å². The lowest BCUT2D eigenvalue weighted by atomic mass is 10.0. The molecule has 2 aromatic carbocycles. The first-order valence-electron chi connectivity index (χ1n) is 11.7. The molecule has 0 aromatic heterocycles. The van der Waals surface area contributed by atoms with Crippen LogP contribution in [0.4, 0.5) is 5.69 Å². The predicted octanol–water partition coefficient (Wildman–Crippen LogP) is 5.34. The molecule has 4 rings (SSSR count). The van der Waals surface area contributed by atoms with Gasteiger partial charge < -0.3 is 10.2 Å². The zero-order chi connectivity index (χ0) is 24.2. The zero-order valence-corrected chi connectivity index (χ0v) is 20.7. The minimum atomic E-state index is -0.347. The molecule has 2 fully saturated rings. The first-order valence-corrected chi connectivity index (χ1v) is 12.4. The molecule has 178 valence electrons. The van der Waals surface area contributed by atoms with Crippen LogP contribution in [0.2, 0.25) is 10.0 Å². The average Bonchev–Trinajstić information content (AvgIpc) is 3.38. The number of rotatable bonds is 5. The van der Waals surface area contributed by atoms with Gasteiger partial charge in [0, 0.05) is 54.3 Å². The quantitative estimate of drug-likeness (QED) is 0.603. The van der Waals surface area contributed by atoms with Crippen molar-refractivity contribution in [1.29, 1.82) is 5.26 Å². The van der Waals surface area contributed by atoms with Crippen molar-refractivity contribution < 1.29 is 9.59 Å².